The van der Waals surface area contributed by atoms with Gasteiger partial charge in [-0.3, -0.25) is 9.88 Å². The fourth-order valence-electron chi connectivity index (χ4n) is 2.79. The topological polar surface area (TPSA) is 59.2 Å². The SMILES string of the molecule is NC(=O)N(CCc1ccc(C(F)(F)F)cc1)c1cccc2cnccc12. The number of alkyl halides is 3. The molecule has 2 amide bonds. The fourth-order valence-corrected chi connectivity index (χ4v) is 2.79. The number of fused-ring (bicyclic) bond motifs is 1. The second-order valence-electron chi connectivity index (χ2n) is 5.81. The van der Waals surface area contributed by atoms with Gasteiger partial charge in [-0.05, 0) is 36.2 Å². The standard InChI is InChI=1S/C19H16F3N3O/c20-19(21,22)15-6-4-13(5-7-15)9-11-25(18(23)26)17-3-1-2-14-12-24-10-8-16(14)17/h1-8,10,12H,9,11H2,(H2,23,26). The highest BCUT2D eigenvalue weighted by atomic mass is 19.4. The van der Waals surface area contributed by atoms with Crippen molar-refractivity contribution in [2.75, 3.05) is 11.4 Å². The van der Waals surface area contributed by atoms with Crippen LogP contribution in [0, 0.1) is 0 Å². The summed E-state index contributed by atoms with van der Waals surface area (Å²) >= 11 is 0. The molecule has 134 valence electrons. The number of rotatable bonds is 4. The van der Waals surface area contributed by atoms with Gasteiger partial charge in [-0.2, -0.15) is 13.2 Å². The Morgan fingerprint density at radius 3 is 2.46 bits per heavy atom. The molecule has 4 nitrogen and oxygen atoms in total. The Morgan fingerprint density at radius 1 is 1.08 bits per heavy atom. The van der Waals surface area contributed by atoms with Crippen LogP contribution in [0.3, 0.4) is 0 Å². The lowest BCUT2D eigenvalue weighted by atomic mass is 10.1. The Hall–Kier alpha value is -3.09. The first-order valence-corrected chi connectivity index (χ1v) is 7.92. The van der Waals surface area contributed by atoms with Crippen molar-refractivity contribution in [3.8, 4) is 0 Å². The lowest BCUT2D eigenvalue weighted by Crippen LogP contribution is -2.37. The number of urea groups is 1. The summed E-state index contributed by atoms with van der Waals surface area (Å²) in [5.41, 5.74) is 6.16. The first-order valence-electron chi connectivity index (χ1n) is 7.92. The van der Waals surface area contributed by atoms with Crippen LogP contribution < -0.4 is 10.6 Å². The average Bonchev–Trinajstić information content (AvgIpc) is 2.61. The quantitative estimate of drug-likeness (QED) is 0.751. The van der Waals surface area contributed by atoms with Crippen molar-refractivity contribution in [1.82, 2.24) is 4.98 Å². The van der Waals surface area contributed by atoms with E-state index >= 15 is 0 Å². The summed E-state index contributed by atoms with van der Waals surface area (Å²) in [7, 11) is 0. The number of anilines is 1. The van der Waals surface area contributed by atoms with E-state index in [4.69, 9.17) is 5.73 Å². The molecule has 3 rings (SSSR count). The van der Waals surface area contributed by atoms with Gasteiger partial charge in [-0.25, -0.2) is 4.79 Å². The molecule has 0 aliphatic rings. The van der Waals surface area contributed by atoms with E-state index in [0.29, 0.717) is 17.7 Å². The van der Waals surface area contributed by atoms with E-state index in [1.807, 2.05) is 6.07 Å². The molecule has 0 atom stereocenters. The number of halogens is 3. The van der Waals surface area contributed by atoms with E-state index in [2.05, 4.69) is 4.98 Å². The van der Waals surface area contributed by atoms with Crippen LogP contribution in [0.1, 0.15) is 11.1 Å². The Balaban J connectivity index is 1.82. The summed E-state index contributed by atoms with van der Waals surface area (Å²) in [5, 5.41) is 1.69. The second kappa shape index (κ2) is 7.03. The van der Waals surface area contributed by atoms with Gasteiger partial charge in [-0.1, -0.05) is 24.3 Å². The predicted octanol–water partition coefficient (Wildman–Crippen LogP) is 4.38. The Labute approximate surface area is 148 Å². The number of carbonyl (C=O) groups is 1. The third-order valence-corrected chi connectivity index (χ3v) is 4.12. The highest BCUT2D eigenvalue weighted by Gasteiger charge is 2.29. The molecule has 3 aromatic rings. The van der Waals surface area contributed by atoms with E-state index in [-0.39, 0.29) is 6.54 Å². The summed E-state index contributed by atoms with van der Waals surface area (Å²) in [6.45, 7) is 0.252. The van der Waals surface area contributed by atoms with E-state index in [1.54, 1.807) is 30.6 Å². The summed E-state index contributed by atoms with van der Waals surface area (Å²) in [5.74, 6) is 0. The van der Waals surface area contributed by atoms with Gasteiger partial charge in [0.15, 0.2) is 0 Å². The zero-order valence-electron chi connectivity index (χ0n) is 13.7. The average molecular weight is 359 g/mol. The smallest absolute Gasteiger partial charge is 0.351 e. The fraction of sp³-hybridized carbons (Fsp3) is 0.158. The van der Waals surface area contributed by atoms with Crippen molar-refractivity contribution in [3.63, 3.8) is 0 Å². The molecule has 2 aromatic carbocycles. The zero-order valence-corrected chi connectivity index (χ0v) is 13.7. The number of pyridine rings is 1. The molecule has 1 aromatic heterocycles. The third kappa shape index (κ3) is 3.77. The minimum absolute atomic E-state index is 0.252. The molecule has 0 fully saturated rings. The van der Waals surface area contributed by atoms with Gasteiger partial charge in [0.2, 0.25) is 0 Å². The number of amides is 2. The van der Waals surface area contributed by atoms with E-state index in [0.717, 1.165) is 22.9 Å². The number of benzene rings is 2. The first-order chi connectivity index (χ1) is 12.4. The van der Waals surface area contributed by atoms with Gasteiger partial charge in [0, 0.05) is 29.7 Å². The lowest BCUT2D eigenvalue weighted by Gasteiger charge is -2.22. The monoisotopic (exact) mass is 359 g/mol. The zero-order chi connectivity index (χ0) is 18.7. The molecule has 7 heteroatoms. The Morgan fingerprint density at radius 2 is 1.81 bits per heavy atom. The lowest BCUT2D eigenvalue weighted by molar-refractivity contribution is -0.137. The number of nitrogens with zero attached hydrogens (tertiary/aromatic N) is 2. The van der Waals surface area contributed by atoms with Gasteiger partial charge in [0.1, 0.15) is 0 Å². The predicted molar refractivity (Wildman–Crippen MR) is 93.8 cm³/mol. The first kappa shape index (κ1) is 17.7. The molecule has 0 saturated heterocycles. The molecule has 1 heterocycles. The van der Waals surface area contributed by atoms with Crippen LogP contribution in [0.4, 0.5) is 23.7 Å². The van der Waals surface area contributed by atoms with Crippen LogP contribution in [0.25, 0.3) is 10.8 Å². The van der Waals surface area contributed by atoms with Gasteiger partial charge >= 0.3 is 12.2 Å². The number of carbonyl (C=O) groups excluding carboxylic acids is 1. The number of primary amides is 1. The van der Waals surface area contributed by atoms with Gasteiger partial charge in [0.05, 0.1) is 11.3 Å². The van der Waals surface area contributed by atoms with E-state index in [9.17, 15) is 18.0 Å². The summed E-state index contributed by atoms with van der Waals surface area (Å²) < 4.78 is 37.9. The van der Waals surface area contributed by atoms with Gasteiger partial charge in [0.25, 0.3) is 0 Å². The highest BCUT2D eigenvalue weighted by Crippen LogP contribution is 2.29. The number of hydrogen-bond donors (Lipinski definition) is 1. The van der Waals surface area contributed by atoms with Crippen molar-refractivity contribution in [1.29, 1.82) is 0 Å². The molecule has 0 unspecified atom stereocenters. The van der Waals surface area contributed by atoms with Crippen molar-refractivity contribution < 1.29 is 18.0 Å². The second-order valence-corrected chi connectivity index (χ2v) is 5.81. The van der Waals surface area contributed by atoms with Crippen LogP contribution >= 0.6 is 0 Å². The molecule has 0 saturated carbocycles. The summed E-state index contributed by atoms with van der Waals surface area (Å²) in [4.78, 5) is 17.4. The number of hydrogen-bond acceptors (Lipinski definition) is 2. The molecular formula is C19H16F3N3O. The van der Waals surface area contributed by atoms with Crippen LogP contribution in [0.2, 0.25) is 0 Å². The maximum Gasteiger partial charge on any atom is 0.416 e. The van der Waals surface area contributed by atoms with Crippen LogP contribution in [-0.2, 0) is 12.6 Å². The Kier molecular flexibility index (Phi) is 4.79. The van der Waals surface area contributed by atoms with Crippen molar-refractivity contribution in [2.45, 2.75) is 12.6 Å². The van der Waals surface area contributed by atoms with Crippen LogP contribution in [0.5, 0.6) is 0 Å². The van der Waals surface area contributed by atoms with E-state index in [1.165, 1.54) is 17.0 Å². The molecular weight excluding hydrogens is 343 g/mol. The maximum absolute atomic E-state index is 12.6. The number of aromatic nitrogens is 1. The third-order valence-electron chi connectivity index (χ3n) is 4.12. The largest absolute Gasteiger partial charge is 0.416 e. The molecule has 0 aliphatic heterocycles. The van der Waals surface area contributed by atoms with Crippen LogP contribution in [-0.4, -0.2) is 17.6 Å². The molecule has 2 N–H and O–H groups in total. The van der Waals surface area contributed by atoms with Crippen molar-refractivity contribution >= 4 is 22.5 Å². The van der Waals surface area contributed by atoms with Gasteiger partial charge in [-0.15, -0.1) is 0 Å². The maximum atomic E-state index is 12.6. The summed E-state index contributed by atoms with van der Waals surface area (Å²) in [6, 6.07) is 11.5. The molecule has 0 spiro atoms. The van der Waals surface area contributed by atoms with E-state index < -0.39 is 17.8 Å². The van der Waals surface area contributed by atoms with Crippen LogP contribution in [0.15, 0.2) is 60.9 Å². The number of nitrogens with two attached hydrogens (primary N) is 1. The minimum atomic E-state index is -4.37. The minimum Gasteiger partial charge on any atom is -0.351 e. The molecule has 26 heavy (non-hydrogen) atoms. The molecule has 0 radical (unpaired) electrons. The Bertz CT molecular complexity index is 918. The molecule has 0 bridgehead atoms. The summed E-state index contributed by atoms with van der Waals surface area (Å²) in [6.07, 6.45) is -0.675. The van der Waals surface area contributed by atoms with Crippen molar-refractivity contribution in [2.24, 2.45) is 5.73 Å². The van der Waals surface area contributed by atoms with Gasteiger partial charge < -0.3 is 5.73 Å². The van der Waals surface area contributed by atoms with Crippen molar-refractivity contribution in [3.05, 3.63) is 72.1 Å². The highest BCUT2D eigenvalue weighted by molar-refractivity contribution is 6.02. The molecule has 0 aliphatic carbocycles. The normalized spacial score (nSPS) is 11.5.